The zero-order valence-corrected chi connectivity index (χ0v) is 24.3. The van der Waals surface area contributed by atoms with Crippen LogP contribution in [0.5, 0.6) is 11.5 Å². The molecule has 7 rings (SSSR count). The molecule has 2 heterocycles. The summed E-state index contributed by atoms with van der Waals surface area (Å²) in [5.74, 6) is 1.68. The molecule has 3 fully saturated rings. The van der Waals surface area contributed by atoms with Gasteiger partial charge < -0.3 is 14.2 Å². The van der Waals surface area contributed by atoms with Gasteiger partial charge in [0.15, 0.2) is 11.5 Å². The number of hydrogen-bond acceptors (Lipinski definition) is 7. The van der Waals surface area contributed by atoms with Crippen molar-refractivity contribution in [3.8, 4) is 11.5 Å². The highest BCUT2D eigenvalue weighted by Crippen LogP contribution is 2.67. The fraction of sp³-hybridized carbons (Fsp3) is 0.581. The number of benzene rings is 2. The topological polar surface area (TPSA) is 85.4 Å². The highest BCUT2D eigenvalue weighted by Gasteiger charge is 2.76. The maximum absolute atomic E-state index is 13.8. The summed E-state index contributed by atoms with van der Waals surface area (Å²) in [5.41, 5.74) is 1.58. The van der Waals surface area contributed by atoms with Gasteiger partial charge in [0, 0.05) is 26.1 Å². The summed E-state index contributed by atoms with van der Waals surface area (Å²) in [4.78, 5) is 15.4. The van der Waals surface area contributed by atoms with E-state index in [2.05, 4.69) is 11.0 Å². The molecule has 2 bridgehead atoms. The molecule has 40 heavy (non-hydrogen) atoms. The molecule has 5 aliphatic rings. The van der Waals surface area contributed by atoms with Gasteiger partial charge in [-0.2, -0.15) is 4.31 Å². The van der Waals surface area contributed by atoms with E-state index in [1.807, 2.05) is 36.4 Å². The largest absolute Gasteiger partial charge is 0.493 e. The number of carbonyl (C=O) groups excluding carboxylic acids is 1. The molecular formula is C31H38N2O6S. The number of ether oxygens (including phenoxy) is 3. The molecule has 0 radical (unpaired) electrons. The van der Waals surface area contributed by atoms with Crippen LogP contribution in [0.25, 0.3) is 0 Å². The number of sulfonamides is 1. The van der Waals surface area contributed by atoms with Crippen molar-refractivity contribution in [1.82, 2.24) is 9.21 Å². The molecule has 0 aromatic heterocycles. The summed E-state index contributed by atoms with van der Waals surface area (Å²) in [7, 11) is -0.329. The maximum atomic E-state index is 13.8. The highest BCUT2D eigenvalue weighted by atomic mass is 32.2. The van der Waals surface area contributed by atoms with Crippen LogP contribution in [0.15, 0.2) is 42.5 Å². The van der Waals surface area contributed by atoms with E-state index in [1.165, 1.54) is 29.6 Å². The van der Waals surface area contributed by atoms with Crippen LogP contribution in [0.4, 0.5) is 0 Å². The first-order chi connectivity index (χ1) is 19.2. The first-order valence-corrected chi connectivity index (χ1v) is 16.1. The number of rotatable bonds is 8. The second-order valence-corrected chi connectivity index (χ2v) is 14.4. The molecule has 0 N–H and O–H groups in total. The number of nitrogens with zero attached hydrogens (tertiary/aromatic N) is 2. The molecular weight excluding hydrogens is 528 g/mol. The van der Waals surface area contributed by atoms with Crippen molar-refractivity contribution in [2.24, 2.45) is 5.92 Å². The molecule has 0 amide bonds. The lowest BCUT2D eigenvalue weighted by Crippen LogP contribution is -2.79. The van der Waals surface area contributed by atoms with Gasteiger partial charge in [-0.25, -0.2) is 8.42 Å². The Morgan fingerprint density at radius 2 is 1.90 bits per heavy atom. The average Bonchev–Trinajstić information content (AvgIpc) is 3.67. The SMILES string of the molecule is COc1ccc2c3c1O[C@H]1[C@H](N(C)S(=O)(=O)Cc4ccccc4)CC[C@@]4(OC(C)=O)[C@@H](C2)N(CC2CC2)CC[C@]314. The molecule has 2 aliphatic heterocycles. The second kappa shape index (κ2) is 9.19. The summed E-state index contributed by atoms with van der Waals surface area (Å²) < 4.78 is 48.3. The Hall–Kier alpha value is -2.62. The minimum atomic E-state index is -3.65. The number of hydrogen-bond donors (Lipinski definition) is 0. The van der Waals surface area contributed by atoms with Gasteiger partial charge in [0.05, 0.1) is 30.4 Å². The van der Waals surface area contributed by atoms with Gasteiger partial charge in [-0.15, -0.1) is 0 Å². The molecule has 5 atom stereocenters. The van der Waals surface area contributed by atoms with Gasteiger partial charge >= 0.3 is 5.97 Å². The molecule has 2 saturated carbocycles. The Morgan fingerprint density at radius 3 is 2.60 bits per heavy atom. The maximum Gasteiger partial charge on any atom is 0.303 e. The van der Waals surface area contributed by atoms with Crippen molar-refractivity contribution in [3.63, 3.8) is 0 Å². The Kier molecular flexibility index (Phi) is 6.04. The van der Waals surface area contributed by atoms with Gasteiger partial charge in [0.2, 0.25) is 10.0 Å². The minimum absolute atomic E-state index is 0.0240. The number of carbonyl (C=O) groups is 1. The lowest BCUT2D eigenvalue weighted by molar-refractivity contribution is -0.221. The highest BCUT2D eigenvalue weighted by molar-refractivity contribution is 7.88. The smallest absolute Gasteiger partial charge is 0.303 e. The van der Waals surface area contributed by atoms with Crippen LogP contribution in [0.2, 0.25) is 0 Å². The van der Waals surface area contributed by atoms with Crippen molar-refractivity contribution in [2.75, 3.05) is 27.2 Å². The van der Waals surface area contributed by atoms with E-state index in [0.29, 0.717) is 30.3 Å². The van der Waals surface area contributed by atoms with Crippen LogP contribution in [-0.2, 0) is 37.1 Å². The number of likely N-dealkylation sites (N-methyl/N-ethyl adjacent to an activating group) is 1. The van der Waals surface area contributed by atoms with E-state index in [9.17, 15) is 13.2 Å². The third kappa shape index (κ3) is 3.70. The van der Waals surface area contributed by atoms with E-state index in [1.54, 1.807) is 14.2 Å². The first kappa shape index (κ1) is 26.3. The van der Waals surface area contributed by atoms with E-state index in [-0.39, 0.29) is 17.8 Å². The number of likely N-dealkylation sites (tertiary alicyclic amines) is 1. The molecule has 3 aliphatic carbocycles. The third-order valence-electron chi connectivity index (χ3n) is 10.3. The van der Waals surface area contributed by atoms with Crippen LogP contribution in [0.3, 0.4) is 0 Å². The van der Waals surface area contributed by atoms with Crippen molar-refractivity contribution in [2.45, 2.75) is 80.4 Å². The summed E-state index contributed by atoms with van der Waals surface area (Å²) in [6.45, 7) is 3.39. The minimum Gasteiger partial charge on any atom is -0.493 e. The predicted molar refractivity (Wildman–Crippen MR) is 150 cm³/mol. The van der Waals surface area contributed by atoms with Gasteiger partial charge in [-0.3, -0.25) is 9.69 Å². The van der Waals surface area contributed by atoms with Crippen molar-refractivity contribution in [1.29, 1.82) is 0 Å². The molecule has 2 aromatic carbocycles. The van der Waals surface area contributed by atoms with Crippen molar-refractivity contribution < 1.29 is 27.4 Å². The number of piperidine rings is 1. The summed E-state index contributed by atoms with van der Waals surface area (Å²) in [6.07, 6.45) is 4.66. The molecule has 1 spiro atoms. The van der Waals surface area contributed by atoms with E-state index >= 15 is 0 Å². The summed E-state index contributed by atoms with van der Waals surface area (Å²) in [5, 5.41) is 0. The zero-order chi connectivity index (χ0) is 27.9. The standard InChI is InChI=1S/C31H38N2O6S/c1-20(34)39-31-14-13-24(32(2)40(35,36)19-22-7-5-4-6-8-22)29-30(31)15-16-33(18-21-9-10-21)26(31)17-23-11-12-25(37-3)28(38-29)27(23)30/h4-8,11-12,21,24,26,29H,9-10,13-19H2,1-3H3/t24-,26-,29+,30+,31-/m1/s1. The van der Waals surface area contributed by atoms with Crippen LogP contribution in [-0.4, -0.2) is 74.6 Å². The first-order valence-electron chi connectivity index (χ1n) is 14.5. The molecule has 1 saturated heterocycles. The van der Waals surface area contributed by atoms with Gasteiger partial charge in [0.1, 0.15) is 11.7 Å². The Bertz CT molecular complexity index is 1440. The van der Waals surface area contributed by atoms with Crippen LogP contribution >= 0.6 is 0 Å². The lowest BCUT2D eigenvalue weighted by Gasteiger charge is -2.65. The molecule has 0 unspecified atom stereocenters. The number of esters is 1. The quantitative estimate of drug-likeness (QED) is 0.451. The monoisotopic (exact) mass is 566 g/mol. The van der Waals surface area contributed by atoms with E-state index < -0.39 is 33.2 Å². The summed E-state index contributed by atoms with van der Waals surface area (Å²) >= 11 is 0. The van der Waals surface area contributed by atoms with Crippen molar-refractivity contribution >= 4 is 16.0 Å². The Labute approximate surface area is 236 Å². The average molecular weight is 567 g/mol. The second-order valence-electron chi connectivity index (χ2n) is 12.4. The van der Waals surface area contributed by atoms with Gasteiger partial charge in [0.25, 0.3) is 0 Å². The molecule has 2 aromatic rings. The van der Waals surface area contributed by atoms with Gasteiger partial charge in [-0.05, 0) is 68.2 Å². The zero-order valence-electron chi connectivity index (χ0n) is 23.5. The van der Waals surface area contributed by atoms with Crippen molar-refractivity contribution in [3.05, 3.63) is 59.2 Å². The van der Waals surface area contributed by atoms with Crippen LogP contribution < -0.4 is 9.47 Å². The van der Waals surface area contributed by atoms with Crippen LogP contribution in [0.1, 0.15) is 55.7 Å². The normalized spacial score (nSPS) is 32.4. The fourth-order valence-corrected chi connectivity index (χ4v) is 9.95. The Balaban J connectivity index is 1.36. The molecule has 9 heteroatoms. The van der Waals surface area contributed by atoms with Crippen LogP contribution in [0, 0.1) is 5.92 Å². The fourth-order valence-electron chi connectivity index (χ4n) is 8.51. The van der Waals surface area contributed by atoms with Gasteiger partial charge in [-0.1, -0.05) is 36.4 Å². The molecule has 8 nitrogen and oxygen atoms in total. The number of methoxy groups -OCH3 is 1. The Morgan fingerprint density at radius 1 is 1.12 bits per heavy atom. The lowest BCUT2D eigenvalue weighted by atomic mass is 9.48. The predicted octanol–water partition coefficient (Wildman–Crippen LogP) is 3.66. The van der Waals surface area contributed by atoms with E-state index in [4.69, 9.17) is 14.2 Å². The molecule has 214 valence electrons. The summed E-state index contributed by atoms with van der Waals surface area (Å²) in [6, 6.07) is 13.0. The van der Waals surface area contributed by atoms with E-state index in [0.717, 1.165) is 37.1 Å². The third-order valence-corrected chi connectivity index (χ3v) is 12.2.